The molecule has 0 spiro atoms. The van der Waals surface area contributed by atoms with Crippen molar-refractivity contribution in [2.75, 3.05) is 12.1 Å². The van der Waals surface area contributed by atoms with Crippen LogP contribution in [-0.2, 0) is 17.9 Å². The number of halogens is 2. The van der Waals surface area contributed by atoms with E-state index < -0.39 is 28.6 Å². The Morgan fingerprint density at radius 1 is 1.00 bits per heavy atom. The molecule has 1 atom stereocenters. The summed E-state index contributed by atoms with van der Waals surface area (Å²) in [5, 5.41) is 6.11. The van der Waals surface area contributed by atoms with Crippen LogP contribution >= 0.6 is 0 Å². The summed E-state index contributed by atoms with van der Waals surface area (Å²) in [7, 11) is 0.327. The van der Waals surface area contributed by atoms with E-state index >= 15 is 4.39 Å². The second-order valence-electron chi connectivity index (χ2n) is 7.53. The number of rotatable bonds is 4. The van der Waals surface area contributed by atoms with Gasteiger partial charge in [0.2, 0.25) is 10.9 Å². The molecule has 166 valence electrons. The third-order valence-electron chi connectivity index (χ3n) is 5.37. The lowest BCUT2D eigenvalue weighted by atomic mass is 9.90. The third-order valence-corrected chi connectivity index (χ3v) is 5.97. The van der Waals surface area contributed by atoms with Gasteiger partial charge in [0.05, 0.1) is 11.4 Å². The largest absolute Gasteiger partial charge is 0.318 e. The molecule has 1 aliphatic heterocycles. The van der Waals surface area contributed by atoms with E-state index in [2.05, 4.69) is 9.82 Å². The smallest absolute Gasteiger partial charge is 0.252 e. The molecule has 3 aromatic rings. The van der Waals surface area contributed by atoms with Crippen LogP contribution in [0.4, 0.5) is 14.5 Å². The minimum atomic E-state index is -2.94. The minimum Gasteiger partial charge on any atom is -0.318 e. The van der Waals surface area contributed by atoms with Gasteiger partial charge in [0, 0.05) is 54.7 Å². The molecule has 1 N–H and O–H groups in total. The summed E-state index contributed by atoms with van der Waals surface area (Å²) in [6, 6.07) is 9.11. The zero-order valence-corrected chi connectivity index (χ0v) is 18.4. The number of hydrogen-bond acceptors (Lipinski definition) is 5. The van der Waals surface area contributed by atoms with E-state index in [1.807, 2.05) is 0 Å². The molecule has 4 rings (SSSR count). The summed E-state index contributed by atoms with van der Waals surface area (Å²) < 4.78 is 54.6. The van der Waals surface area contributed by atoms with Crippen molar-refractivity contribution in [1.29, 1.82) is 0 Å². The Kier molecular flexibility index (Phi) is 5.66. The molecule has 2 heterocycles. The highest BCUT2D eigenvalue weighted by Gasteiger charge is 2.26. The van der Waals surface area contributed by atoms with Gasteiger partial charge in [-0.05, 0) is 48.9 Å². The standard InChI is InChI=1S/C22H20F2N4O3S/c1-12(26-32(30)31)15-8-16-17(9-19(15)24)22(13-4-6-14(23)7-5-13)25-28(3)20-10-21(29)27(2)11-18(16)20/h4-12,32H,1-3H3,(H,26,30,31). The molecule has 0 bridgehead atoms. The summed E-state index contributed by atoms with van der Waals surface area (Å²) in [4.78, 5) is 12.3. The number of hydrazone groups is 1. The van der Waals surface area contributed by atoms with Crippen molar-refractivity contribution in [3.05, 3.63) is 87.3 Å². The summed E-state index contributed by atoms with van der Waals surface area (Å²) in [5.41, 5.74) is 2.94. The van der Waals surface area contributed by atoms with Crippen molar-refractivity contribution >= 4 is 22.3 Å². The zero-order valence-electron chi connectivity index (χ0n) is 17.5. The van der Waals surface area contributed by atoms with Crippen LogP contribution in [0.1, 0.15) is 29.7 Å². The Morgan fingerprint density at radius 2 is 1.69 bits per heavy atom. The highest BCUT2D eigenvalue weighted by molar-refractivity contribution is 7.70. The maximum atomic E-state index is 15.2. The van der Waals surface area contributed by atoms with E-state index in [0.717, 1.165) is 0 Å². The normalized spacial score (nSPS) is 13.9. The van der Waals surface area contributed by atoms with Crippen molar-refractivity contribution in [1.82, 2.24) is 9.29 Å². The number of aryl methyl sites for hydroxylation is 1. The first-order valence-corrected chi connectivity index (χ1v) is 10.9. The van der Waals surface area contributed by atoms with Gasteiger partial charge in [-0.1, -0.05) is 0 Å². The van der Waals surface area contributed by atoms with Crippen molar-refractivity contribution in [2.24, 2.45) is 12.1 Å². The molecule has 0 saturated heterocycles. The molecule has 0 aliphatic carbocycles. The van der Waals surface area contributed by atoms with Crippen LogP contribution in [0.2, 0.25) is 0 Å². The molecule has 2 aromatic carbocycles. The lowest BCUT2D eigenvalue weighted by molar-refractivity contribution is 0.563. The van der Waals surface area contributed by atoms with Gasteiger partial charge >= 0.3 is 0 Å². The predicted molar refractivity (Wildman–Crippen MR) is 119 cm³/mol. The summed E-state index contributed by atoms with van der Waals surface area (Å²) in [6.07, 6.45) is 1.63. The number of nitrogens with zero attached hydrogens (tertiary/aromatic N) is 3. The van der Waals surface area contributed by atoms with Gasteiger partial charge in [0.25, 0.3) is 5.56 Å². The van der Waals surface area contributed by atoms with E-state index in [0.29, 0.717) is 33.7 Å². The number of thiol groups is 1. The maximum absolute atomic E-state index is 15.2. The Morgan fingerprint density at radius 3 is 2.34 bits per heavy atom. The fourth-order valence-electron chi connectivity index (χ4n) is 3.74. The molecule has 0 fully saturated rings. The molecular weight excluding hydrogens is 438 g/mol. The molecule has 10 heteroatoms. The number of benzene rings is 2. The zero-order chi connectivity index (χ0) is 23.2. The second kappa shape index (κ2) is 8.29. The first kappa shape index (κ1) is 21.8. The molecule has 1 aromatic heterocycles. The molecule has 7 nitrogen and oxygen atoms in total. The number of aromatic nitrogens is 1. The van der Waals surface area contributed by atoms with Crippen LogP contribution < -0.4 is 15.3 Å². The highest BCUT2D eigenvalue weighted by atomic mass is 32.2. The van der Waals surface area contributed by atoms with Crippen molar-refractivity contribution < 1.29 is 17.2 Å². The predicted octanol–water partition coefficient (Wildman–Crippen LogP) is 2.71. The van der Waals surface area contributed by atoms with Crippen LogP contribution in [0.3, 0.4) is 0 Å². The molecular formula is C22H20F2N4O3S. The number of hydrogen-bond donors (Lipinski definition) is 2. The Hall–Kier alpha value is -3.37. The molecule has 0 amide bonds. The summed E-state index contributed by atoms with van der Waals surface area (Å²) in [5.74, 6) is -1.04. The first-order chi connectivity index (χ1) is 15.2. The van der Waals surface area contributed by atoms with Crippen LogP contribution in [0.5, 0.6) is 0 Å². The molecule has 1 unspecified atom stereocenters. The van der Waals surface area contributed by atoms with Gasteiger partial charge in [-0.25, -0.2) is 21.9 Å². The molecule has 1 aliphatic rings. The number of fused-ring (bicyclic) bond motifs is 3. The lowest BCUT2D eigenvalue weighted by Gasteiger charge is -2.18. The topological polar surface area (TPSA) is 83.8 Å². The number of pyridine rings is 1. The highest BCUT2D eigenvalue weighted by Crippen LogP contribution is 2.38. The fourth-order valence-corrected chi connectivity index (χ4v) is 4.20. The summed E-state index contributed by atoms with van der Waals surface area (Å²) in [6.45, 7) is 1.54. The van der Waals surface area contributed by atoms with E-state index in [1.165, 1.54) is 40.8 Å². The molecule has 32 heavy (non-hydrogen) atoms. The maximum Gasteiger partial charge on any atom is 0.252 e. The molecule has 0 radical (unpaired) electrons. The number of anilines is 1. The Labute approximate surface area is 184 Å². The van der Waals surface area contributed by atoms with Crippen molar-refractivity contribution in [3.63, 3.8) is 0 Å². The van der Waals surface area contributed by atoms with Gasteiger partial charge in [-0.2, -0.15) is 5.10 Å². The average molecular weight is 458 g/mol. The van der Waals surface area contributed by atoms with Crippen LogP contribution in [0.15, 0.2) is 58.6 Å². The van der Waals surface area contributed by atoms with Crippen LogP contribution in [0.25, 0.3) is 11.1 Å². The first-order valence-electron chi connectivity index (χ1n) is 9.69. The van der Waals surface area contributed by atoms with E-state index in [9.17, 15) is 17.6 Å². The Bertz CT molecular complexity index is 1370. The average Bonchev–Trinajstić information content (AvgIpc) is 2.83. The van der Waals surface area contributed by atoms with Gasteiger partial charge in [-0.15, -0.1) is 0 Å². The SMILES string of the molecule is CC(N[SH](=O)=O)c1cc2c(cc1F)C(c1ccc(F)cc1)=NN(C)c1cc(=O)n(C)cc1-2. The van der Waals surface area contributed by atoms with Gasteiger partial charge in [-0.3, -0.25) is 9.80 Å². The van der Waals surface area contributed by atoms with E-state index in [-0.39, 0.29) is 11.1 Å². The number of nitrogens with one attached hydrogen (secondary N) is 1. The molecule has 0 saturated carbocycles. The van der Waals surface area contributed by atoms with Crippen molar-refractivity contribution in [3.8, 4) is 11.1 Å². The fraction of sp³-hybridized carbons (Fsp3) is 0.182. The lowest BCUT2D eigenvalue weighted by Crippen LogP contribution is -2.19. The van der Waals surface area contributed by atoms with Gasteiger partial charge < -0.3 is 4.57 Å². The second-order valence-corrected chi connectivity index (χ2v) is 8.30. The third kappa shape index (κ3) is 3.94. The van der Waals surface area contributed by atoms with Gasteiger partial charge in [0.15, 0.2) is 0 Å². The summed E-state index contributed by atoms with van der Waals surface area (Å²) >= 11 is 0. The van der Waals surface area contributed by atoms with E-state index in [4.69, 9.17) is 0 Å². The van der Waals surface area contributed by atoms with E-state index in [1.54, 1.807) is 38.5 Å². The minimum absolute atomic E-state index is 0.144. The van der Waals surface area contributed by atoms with Crippen LogP contribution in [-0.4, -0.2) is 25.7 Å². The van der Waals surface area contributed by atoms with Crippen molar-refractivity contribution in [2.45, 2.75) is 13.0 Å². The van der Waals surface area contributed by atoms with Gasteiger partial charge in [0.1, 0.15) is 11.6 Å². The van der Waals surface area contributed by atoms with Crippen LogP contribution in [0, 0.1) is 11.6 Å². The monoisotopic (exact) mass is 458 g/mol. The Balaban J connectivity index is 2.04. The quantitative estimate of drug-likeness (QED) is 0.589.